The van der Waals surface area contributed by atoms with E-state index < -0.39 is 5.97 Å². The van der Waals surface area contributed by atoms with Gasteiger partial charge in [0, 0.05) is 17.7 Å². The van der Waals surface area contributed by atoms with Crippen LogP contribution in [-0.4, -0.2) is 27.7 Å². The molecule has 0 saturated heterocycles. The molecule has 2 aliphatic rings. The Labute approximate surface area is 155 Å². The fraction of sp³-hybridized carbons (Fsp3) is 0.667. The average Bonchev–Trinajstić information content (AvgIpc) is 3.13. The summed E-state index contributed by atoms with van der Waals surface area (Å²) >= 11 is 6.58. The summed E-state index contributed by atoms with van der Waals surface area (Å²) in [6.45, 7) is 0. The number of alkyl halides is 1. The third-order valence-corrected chi connectivity index (χ3v) is 6.49. The number of aliphatic hydroxyl groups is 1. The van der Waals surface area contributed by atoms with Crippen LogP contribution in [0, 0.1) is 5.92 Å². The van der Waals surface area contributed by atoms with E-state index in [1.165, 1.54) is 29.5 Å². The minimum atomic E-state index is -0.712. The molecular weight excluding hydrogens is 336 g/mol. The first-order chi connectivity index (χ1) is 12.1. The molecule has 2 aliphatic carbocycles. The largest absolute Gasteiger partial charge is 0.481 e. The molecule has 4 atom stereocenters. The topological polar surface area (TPSA) is 57.5 Å². The predicted octanol–water partition coefficient (Wildman–Crippen LogP) is 4.67. The van der Waals surface area contributed by atoms with Crippen molar-refractivity contribution in [2.24, 2.45) is 5.92 Å². The van der Waals surface area contributed by atoms with Crippen molar-refractivity contribution in [2.75, 3.05) is 0 Å². The molecule has 3 nitrogen and oxygen atoms in total. The number of carbonyl (C=O) groups is 1. The zero-order valence-electron chi connectivity index (χ0n) is 14.8. The summed E-state index contributed by atoms with van der Waals surface area (Å²) in [5.41, 5.74) is 4.18. The number of hydrogen-bond donors (Lipinski definition) is 2. The van der Waals surface area contributed by atoms with E-state index in [4.69, 9.17) is 16.7 Å². The number of aliphatic hydroxyl groups excluding tert-OH is 1. The summed E-state index contributed by atoms with van der Waals surface area (Å²) < 4.78 is 0. The van der Waals surface area contributed by atoms with Crippen LogP contribution in [-0.2, 0) is 17.6 Å². The van der Waals surface area contributed by atoms with Gasteiger partial charge in [0.25, 0.3) is 0 Å². The normalized spacial score (nSPS) is 28.2. The Kier molecular flexibility index (Phi) is 6.40. The van der Waals surface area contributed by atoms with Gasteiger partial charge in [-0.15, -0.1) is 11.6 Å². The number of aryl methyl sites for hydroxylation is 2. The van der Waals surface area contributed by atoms with E-state index in [1.807, 2.05) is 0 Å². The molecule has 25 heavy (non-hydrogen) atoms. The Morgan fingerprint density at radius 1 is 1.12 bits per heavy atom. The van der Waals surface area contributed by atoms with Crippen LogP contribution < -0.4 is 0 Å². The Balaban J connectivity index is 1.58. The lowest BCUT2D eigenvalue weighted by atomic mass is 9.83. The smallest absolute Gasteiger partial charge is 0.303 e. The first-order valence-electron chi connectivity index (χ1n) is 9.72. The monoisotopic (exact) mass is 364 g/mol. The molecule has 0 aliphatic heterocycles. The summed E-state index contributed by atoms with van der Waals surface area (Å²) in [6.07, 6.45) is 8.99. The molecule has 4 heteroatoms. The van der Waals surface area contributed by atoms with E-state index in [0.717, 1.165) is 38.5 Å². The zero-order valence-corrected chi connectivity index (χ0v) is 15.5. The van der Waals surface area contributed by atoms with E-state index >= 15 is 0 Å². The molecule has 138 valence electrons. The van der Waals surface area contributed by atoms with Crippen molar-refractivity contribution in [1.29, 1.82) is 0 Å². The van der Waals surface area contributed by atoms with Gasteiger partial charge in [0.15, 0.2) is 0 Å². The van der Waals surface area contributed by atoms with E-state index in [2.05, 4.69) is 18.2 Å². The summed E-state index contributed by atoms with van der Waals surface area (Å²) in [5, 5.41) is 19.3. The van der Waals surface area contributed by atoms with Crippen LogP contribution in [0.5, 0.6) is 0 Å². The second-order valence-electron chi connectivity index (χ2n) is 7.74. The molecule has 2 N–H and O–H groups in total. The summed E-state index contributed by atoms with van der Waals surface area (Å²) in [6, 6.07) is 6.76. The molecule has 0 heterocycles. The van der Waals surface area contributed by atoms with Gasteiger partial charge in [0.05, 0.1) is 6.10 Å². The number of rotatable bonds is 8. The molecule has 1 aromatic rings. The Morgan fingerprint density at radius 3 is 2.68 bits per heavy atom. The maximum atomic E-state index is 10.6. The summed E-state index contributed by atoms with van der Waals surface area (Å²) in [5.74, 6) is -0.251. The van der Waals surface area contributed by atoms with Gasteiger partial charge in [-0.05, 0) is 61.1 Å². The number of hydrogen-bond acceptors (Lipinski definition) is 2. The van der Waals surface area contributed by atoms with Crippen LogP contribution in [0.4, 0.5) is 0 Å². The highest BCUT2D eigenvalue weighted by molar-refractivity contribution is 6.21. The number of aliphatic carboxylic acids is 1. The lowest BCUT2D eigenvalue weighted by Crippen LogP contribution is -2.19. The molecule has 1 fully saturated rings. The third-order valence-electron chi connectivity index (χ3n) is 5.99. The van der Waals surface area contributed by atoms with Gasteiger partial charge < -0.3 is 10.2 Å². The highest BCUT2D eigenvalue weighted by atomic mass is 35.5. The van der Waals surface area contributed by atoms with Gasteiger partial charge in [0.2, 0.25) is 0 Å². The standard InChI is InChI=1S/C21H29ClO3/c22-18-13-19(23)21(16-11-10-14-6-5-7-15(14)12-16)17(18)8-3-1-2-4-9-20(24)25/h10-12,17-19,21,23H,1-9,13H2,(H,24,25)/t17-,18+,19?,21?/m0/s1. The second-order valence-corrected chi connectivity index (χ2v) is 8.30. The number of halogens is 1. The fourth-order valence-electron chi connectivity index (χ4n) is 4.70. The molecule has 0 amide bonds. The van der Waals surface area contributed by atoms with E-state index in [1.54, 1.807) is 0 Å². The maximum Gasteiger partial charge on any atom is 0.303 e. The summed E-state index contributed by atoms with van der Waals surface area (Å²) in [4.78, 5) is 10.6. The van der Waals surface area contributed by atoms with Crippen molar-refractivity contribution in [3.63, 3.8) is 0 Å². The minimum absolute atomic E-state index is 0.0345. The highest BCUT2D eigenvalue weighted by Gasteiger charge is 2.42. The zero-order chi connectivity index (χ0) is 17.8. The van der Waals surface area contributed by atoms with E-state index in [9.17, 15) is 9.90 Å². The third kappa shape index (κ3) is 4.57. The van der Waals surface area contributed by atoms with Gasteiger partial charge in [0.1, 0.15) is 0 Å². The molecule has 0 aromatic heterocycles. The molecular formula is C21H29ClO3. The summed E-state index contributed by atoms with van der Waals surface area (Å²) in [7, 11) is 0. The number of fused-ring (bicyclic) bond motifs is 1. The predicted molar refractivity (Wildman–Crippen MR) is 100 cm³/mol. The Bertz CT molecular complexity index is 601. The van der Waals surface area contributed by atoms with Crippen molar-refractivity contribution in [1.82, 2.24) is 0 Å². The quantitative estimate of drug-likeness (QED) is 0.520. The number of unbranched alkanes of at least 4 members (excludes halogenated alkanes) is 3. The van der Waals surface area contributed by atoms with Crippen molar-refractivity contribution in [3.8, 4) is 0 Å². The van der Waals surface area contributed by atoms with Gasteiger partial charge in [-0.25, -0.2) is 0 Å². The maximum absolute atomic E-state index is 10.6. The lowest BCUT2D eigenvalue weighted by Gasteiger charge is -2.24. The van der Waals surface area contributed by atoms with E-state index in [-0.39, 0.29) is 23.8 Å². The van der Waals surface area contributed by atoms with Crippen LogP contribution in [0.15, 0.2) is 18.2 Å². The van der Waals surface area contributed by atoms with Crippen LogP contribution in [0.2, 0.25) is 0 Å². The van der Waals surface area contributed by atoms with Crippen LogP contribution in [0.25, 0.3) is 0 Å². The van der Waals surface area contributed by atoms with Crippen molar-refractivity contribution in [2.45, 2.75) is 81.6 Å². The van der Waals surface area contributed by atoms with Crippen molar-refractivity contribution < 1.29 is 15.0 Å². The van der Waals surface area contributed by atoms with Crippen LogP contribution >= 0.6 is 11.6 Å². The number of benzene rings is 1. The lowest BCUT2D eigenvalue weighted by molar-refractivity contribution is -0.137. The first-order valence-corrected chi connectivity index (χ1v) is 10.2. The van der Waals surface area contributed by atoms with Crippen molar-refractivity contribution in [3.05, 3.63) is 34.9 Å². The molecule has 0 radical (unpaired) electrons. The number of carboxylic acids is 1. The second kappa shape index (κ2) is 8.55. The van der Waals surface area contributed by atoms with Gasteiger partial charge in [-0.1, -0.05) is 37.5 Å². The highest BCUT2D eigenvalue weighted by Crippen LogP contribution is 2.46. The first kappa shape index (κ1) is 18.7. The van der Waals surface area contributed by atoms with Crippen LogP contribution in [0.3, 0.4) is 0 Å². The Hall–Kier alpha value is -1.06. The molecule has 3 rings (SSSR count). The fourth-order valence-corrected chi connectivity index (χ4v) is 5.17. The molecule has 1 saturated carbocycles. The molecule has 2 unspecified atom stereocenters. The minimum Gasteiger partial charge on any atom is -0.481 e. The SMILES string of the molecule is O=C(O)CCCCCC[C@@H]1C(c2ccc3c(c2)CCC3)C(O)C[C@H]1Cl. The van der Waals surface area contributed by atoms with Crippen molar-refractivity contribution >= 4 is 17.6 Å². The molecule has 0 spiro atoms. The average molecular weight is 365 g/mol. The number of carboxylic acid groups (broad SMARTS) is 1. The molecule has 1 aromatic carbocycles. The molecule has 0 bridgehead atoms. The van der Waals surface area contributed by atoms with Gasteiger partial charge >= 0.3 is 5.97 Å². The van der Waals surface area contributed by atoms with E-state index in [0.29, 0.717) is 12.3 Å². The Morgan fingerprint density at radius 2 is 1.88 bits per heavy atom. The van der Waals surface area contributed by atoms with Gasteiger partial charge in [-0.2, -0.15) is 0 Å². The van der Waals surface area contributed by atoms with Crippen LogP contribution in [0.1, 0.15) is 74.0 Å². The van der Waals surface area contributed by atoms with Gasteiger partial charge in [-0.3, -0.25) is 4.79 Å².